The highest BCUT2D eigenvalue weighted by Gasteiger charge is 2.43. The molecule has 0 amide bonds. The third-order valence-corrected chi connectivity index (χ3v) is 6.79. The van der Waals surface area contributed by atoms with E-state index in [4.69, 9.17) is 9.47 Å². The standard InChI is InChI=1S/C24H28O5S/c1-5-16(13-15-8-10-17(28-4)11-9-15)23-22(26)21(25)20(24(27)29-23)18(6-2)19-12-7-14(3)30-19/h7-12,16,18,23,25H,5-6,13H2,1-4H3. The molecule has 1 aromatic heterocycles. The molecule has 0 aliphatic carbocycles. The van der Waals surface area contributed by atoms with Gasteiger partial charge in [-0.2, -0.15) is 0 Å². The van der Waals surface area contributed by atoms with Gasteiger partial charge < -0.3 is 14.6 Å². The summed E-state index contributed by atoms with van der Waals surface area (Å²) >= 11 is 1.56. The number of benzene rings is 1. The van der Waals surface area contributed by atoms with Crippen LogP contribution in [0, 0.1) is 12.8 Å². The second-order valence-corrected chi connectivity index (χ2v) is 8.90. The Bertz CT molecular complexity index is 941. The molecule has 160 valence electrons. The van der Waals surface area contributed by atoms with Crippen molar-refractivity contribution in [2.75, 3.05) is 7.11 Å². The average Bonchev–Trinajstić information content (AvgIpc) is 3.18. The third-order valence-electron chi connectivity index (χ3n) is 5.67. The second-order valence-electron chi connectivity index (χ2n) is 7.58. The molecule has 30 heavy (non-hydrogen) atoms. The molecular formula is C24H28O5S. The summed E-state index contributed by atoms with van der Waals surface area (Å²) in [6, 6.07) is 11.5. The molecule has 0 spiro atoms. The molecule has 1 N–H and O–H groups in total. The van der Waals surface area contributed by atoms with Crippen LogP contribution in [0.4, 0.5) is 0 Å². The summed E-state index contributed by atoms with van der Waals surface area (Å²) in [5, 5.41) is 10.7. The van der Waals surface area contributed by atoms with Crippen LogP contribution in [0.5, 0.6) is 5.75 Å². The molecule has 0 saturated heterocycles. The minimum atomic E-state index is -0.976. The number of aliphatic hydroxyl groups excluding tert-OH is 1. The van der Waals surface area contributed by atoms with Gasteiger partial charge in [0.2, 0.25) is 5.78 Å². The quantitative estimate of drug-likeness (QED) is 0.590. The largest absolute Gasteiger partial charge is 0.504 e. The fourth-order valence-corrected chi connectivity index (χ4v) is 5.00. The lowest BCUT2D eigenvalue weighted by molar-refractivity contribution is -0.158. The van der Waals surface area contributed by atoms with Crippen molar-refractivity contribution in [3.8, 4) is 5.75 Å². The first-order chi connectivity index (χ1) is 14.4. The van der Waals surface area contributed by atoms with E-state index in [1.54, 1.807) is 18.4 Å². The number of methoxy groups -OCH3 is 1. The van der Waals surface area contributed by atoms with Crippen molar-refractivity contribution in [2.24, 2.45) is 5.92 Å². The van der Waals surface area contributed by atoms with Gasteiger partial charge in [-0.25, -0.2) is 4.79 Å². The van der Waals surface area contributed by atoms with Gasteiger partial charge in [0, 0.05) is 21.6 Å². The highest BCUT2D eigenvalue weighted by atomic mass is 32.1. The predicted octanol–water partition coefficient (Wildman–Crippen LogP) is 5.13. The second kappa shape index (κ2) is 9.47. The van der Waals surface area contributed by atoms with Crippen LogP contribution < -0.4 is 4.74 Å². The number of ether oxygens (including phenoxy) is 2. The Morgan fingerprint density at radius 3 is 2.33 bits per heavy atom. The number of cyclic esters (lactones) is 1. The van der Waals surface area contributed by atoms with Gasteiger partial charge in [0.05, 0.1) is 12.7 Å². The SMILES string of the molecule is CCC(C1=C(O)C(=O)C(C(CC)Cc2ccc(OC)cc2)OC1=O)c1ccc(C)s1. The average molecular weight is 429 g/mol. The lowest BCUT2D eigenvalue weighted by Crippen LogP contribution is -2.42. The van der Waals surface area contributed by atoms with Crippen LogP contribution in [-0.2, 0) is 20.7 Å². The highest BCUT2D eigenvalue weighted by Crippen LogP contribution is 2.38. The number of hydrogen-bond donors (Lipinski definition) is 1. The van der Waals surface area contributed by atoms with Gasteiger partial charge in [0.1, 0.15) is 5.75 Å². The van der Waals surface area contributed by atoms with E-state index >= 15 is 0 Å². The summed E-state index contributed by atoms with van der Waals surface area (Å²) in [6.07, 6.45) is 0.819. The Morgan fingerprint density at radius 1 is 1.10 bits per heavy atom. The zero-order valence-corrected chi connectivity index (χ0v) is 18.6. The van der Waals surface area contributed by atoms with Crippen molar-refractivity contribution >= 4 is 23.1 Å². The molecule has 1 aromatic carbocycles. The highest BCUT2D eigenvalue weighted by molar-refractivity contribution is 7.12. The molecule has 3 atom stereocenters. The number of esters is 1. The lowest BCUT2D eigenvalue weighted by atomic mass is 9.84. The van der Waals surface area contributed by atoms with E-state index in [9.17, 15) is 14.7 Å². The van der Waals surface area contributed by atoms with Crippen molar-refractivity contribution in [3.05, 3.63) is 63.0 Å². The minimum absolute atomic E-state index is 0.0832. The number of hydrogen-bond acceptors (Lipinski definition) is 6. The van der Waals surface area contributed by atoms with Gasteiger partial charge in [-0.1, -0.05) is 26.0 Å². The number of carbonyl (C=O) groups excluding carboxylic acids is 2. The molecule has 1 aliphatic rings. The maximum atomic E-state index is 13.0. The summed E-state index contributed by atoms with van der Waals surface area (Å²) in [7, 11) is 1.61. The molecule has 6 heteroatoms. The molecule has 2 aromatic rings. The molecule has 0 saturated carbocycles. The fourth-order valence-electron chi connectivity index (χ4n) is 3.93. The number of carbonyl (C=O) groups is 2. The van der Waals surface area contributed by atoms with E-state index in [2.05, 4.69) is 0 Å². The first-order valence-corrected chi connectivity index (χ1v) is 11.1. The van der Waals surface area contributed by atoms with Crippen LogP contribution in [0.3, 0.4) is 0 Å². The zero-order chi connectivity index (χ0) is 21.8. The summed E-state index contributed by atoms with van der Waals surface area (Å²) in [6.45, 7) is 5.87. The van der Waals surface area contributed by atoms with Gasteiger partial charge in [-0.15, -0.1) is 11.3 Å². The maximum absolute atomic E-state index is 13.0. The summed E-state index contributed by atoms with van der Waals surface area (Å²) in [5.74, 6) is -1.35. The van der Waals surface area contributed by atoms with E-state index in [1.807, 2.05) is 57.2 Å². The van der Waals surface area contributed by atoms with Gasteiger partial charge in [-0.3, -0.25) is 4.79 Å². The van der Waals surface area contributed by atoms with Gasteiger partial charge in [0.15, 0.2) is 11.9 Å². The minimum Gasteiger partial charge on any atom is -0.504 e. The van der Waals surface area contributed by atoms with E-state index in [1.165, 1.54) is 0 Å². The van der Waals surface area contributed by atoms with Crippen LogP contribution in [-0.4, -0.2) is 30.1 Å². The van der Waals surface area contributed by atoms with Crippen LogP contribution in [0.1, 0.15) is 47.9 Å². The Hall–Kier alpha value is -2.60. The molecule has 5 nitrogen and oxygen atoms in total. The number of aryl methyl sites for hydroxylation is 1. The predicted molar refractivity (Wildman–Crippen MR) is 117 cm³/mol. The summed E-state index contributed by atoms with van der Waals surface area (Å²) in [4.78, 5) is 28.0. The fraction of sp³-hybridized carbons (Fsp3) is 0.417. The molecule has 0 fully saturated rings. The smallest absolute Gasteiger partial charge is 0.339 e. The summed E-state index contributed by atoms with van der Waals surface area (Å²) < 4.78 is 10.8. The number of thiophene rings is 1. The van der Waals surface area contributed by atoms with Crippen molar-refractivity contribution in [1.82, 2.24) is 0 Å². The maximum Gasteiger partial charge on any atom is 0.339 e. The zero-order valence-electron chi connectivity index (χ0n) is 17.8. The van der Waals surface area contributed by atoms with Crippen molar-refractivity contribution in [3.63, 3.8) is 0 Å². The van der Waals surface area contributed by atoms with Crippen LogP contribution in [0.2, 0.25) is 0 Å². The Kier molecular flexibility index (Phi) is 6.98. The van der Waals surface area contributed by atoms with Crippen molar-refractivity contribution in [1.29, 1.82) is 0 Å². The topological polar surface area (TPSA) is 72.8 Å². The van der Waals surface area contributed by atoms with Crippen molar-refractivity contribution in [2.45, 2.75) is 52.1 Å². The Morgan fingerprint density at radius 2 is 1.80 bits per heavy atom. The Labute approximate surface area is 181 Å². The molecule has 0 bridgehead atoms. The summed E-state index contributed by atoms with van der Waals surface area (Å²) in [5.41, 5.74) is 1.10. The molecular weight excluding hydrogens is 400 g/mol. The molecule has 1 aliphatic heterocycles. The number of aliphatic hydroxyl groups is 1. The van der Waals surface area contributed by atoms with Crippen molar-refractivity contribution < 1.29 is 24.2 Å². The molecule has 2 heterocycles. The van der Waals surface area contributed by atoms with Gasteiger partial charge >= 0.3 is 5.97 Å². The third kappa shape index (κ3) is 4.43. The Balaban J connectivity index is 1.86. The lowest BCUT2D eigenvalue weighted by Gasteiger charge is -2.31. The van der Waals surface area contributed by atoms with Crippen LogP contribution in [0.25, 0.3) is 0 Å². The molecule has 3 rings (SSSR count). The van der Waals surface area contributed by atoms with Crippen LogP contribution in [0.15, 0.2) is 47.7 Å². The van der Waals surface area contributed by atoms with Gasteiger partial charge in [-0.05, 0) is 56.0 Å². The monoisotopic (exact) mass is 428 g/mol. The number of ketones is 1. The number of rotatable bonds is 8. The van der Waals surface area contributed by atoms with E-state index < -0.39 is 23.6 Å². The first kappa shape index (κ1) is 22.1. The molecule has 0 radical (unpaired) electrons. The molecule has 3 unspecified atom stereocenters. The normalized spacial score (nSPS) is 18.9. The first-order valence-electron chi connectivity index (χ1n) is 10.3. The number of Topliss-reactive ketones (excluding diaryl/α,β-unsaturated/α-hetero) is 1. The van der Waals surface area contributed by atoms with E-state index in [0.717, 1.165) is 21.1 Å². The van der Waals surface area contributed by atoms with Gasteiger partial charge in [0.25, 0.3) is 0 Å². The van der Waals surface area contributed by atoms with E-state index in [0.29, 0.717) is 19.3 Å². The van der Waals surface area contributed by atoms with E-state index in [-0.39, 0.29) is 17.4 Å². The van der Waals surface area contributed by atoms with Crippen LogP contribution >= 0.6 is 11.3 Å².